The summed E-state index contributed by atoms with van der Waals surface area (Å²) >= 11 is 0. The van der Waals surface area contributed by atoms with Crippen LogP contribution in [0.4, 0.5) is 18.9 Å². The van der Waals surface area contributed by atoms with Gasteiger partial charge in [0.1, 0.15) is 11.5 Å². The summed E-state index contributed by atoms with van der Waals surface area (Å²) in [6, 6.07) is 8.75. The summed E-state index contributed by atoms with van der Waals surface area (Å²) in [5.74, 6) is 0.879. The first-order valence-electron chi connectivity index (χ1n) is 9.19. The number of piperidine rings is 1. The van der Waals surface area contributed by atoms with E-state index in [2.05, 4.69) is 5.32 Å². The predicted octanol–water partition coefficient (Wildman–Crippen LogP) is 5.01. The van der Waals surface area contributed by atoms with E-state index in [9.17, 15) is 13.2 Å². The molecule has 2 atom stereocenters. The first-order valence-corrected chi connectivity index (χ1v) is 9.19. The van der Waals surface area contributed by atoms with E-state index in [0.717, 1.165) is 35.7 Å². The molecule has 2 aromatic carbocycles. The summed E-state index contributed by atoms with van der Waals surface area (Å²) in [7, 11) is 1.77. The van der Waals surface area contributed by atoms with Gasteiger partial charge < -0.3 is 15.0 Å². The third-order valence-corrected chi connectivity index (χ3v) is 5.69. The third-order valence-electron chi connectivity index (χ3n) is 5.69. The Kier molecular flexibility index (Phi) is 4.34. The molecule has 0 saturated carbocycles. The van der Waals surface area contributed by atoms with Crippen LogP contribution in [-0.4, -0.2) is 26.2 Å². The van der Waals surface area contributed by atoms with Gasteiger partial charge in [-0.2, -0.15) is 13.2 Å². The van der Waals surface area contributed by atoms with Gasteiger partial charge in [0.15, 0.2) is 0 Å². The molecule has 0 bridgehead atoms. The van der Waals surface area contributed by atoms with Gasteiger partial charge in [0.05, 0.1) is 11.3 Å². The Labute approximate surface area is 157 Å². The standard InChI is InChI=1S/C21H23F3N2O/c1-12-4-5-13(2)19(8-12)27-14-9-15-16-11-25-7-6-18(16)26(3)20(15)17(10-14)21(22,23)24/h4-5,8-10,16,18,25H,6-7,11H2,1-3H3/t16-,18-/m0/s1. The lowest BCUT2D eigenvalue weighted by molar-refractivity contribution is -0.137. The fourth-order valence-electron chi connectivity index (χ4n) is 4.32. The van der Waals surface area contributed by atoms with Crippen LogP contribution < -0.4 is 15.0 Å². The van der Waals surface area contributed by atoms with Crippen molar-refractivity contribution in [1.82, 2.24) is 5.32 Å². The molecule has 3 nitrogen and oxygen atoms in total. The molecule has 0 unspecified atom stereocenters. The molecule has 2 aliphatic heterocycles. The number of anilines is 1. The van der Waals surface area contributed by atoms with E-state index in [-0.39, 0.29) is 17.7 Å². The average molecular weight is 376 g/mol. The van der Waals surface area contributed by atoms with Crippen LogP contribution in [0.25, 0.3) is 0 Å². The van der Waals surface area contributed by atoms with Crippen molar-refractivity contribution in [3.8, 4) is 11.5 Å². The number of nitrogens with zero attached hydrogens (tertiary/aromatic N) is 1. The van der Waals surface area contributed by atoms with Crippen LogP contribution in [0.15, 0.2) is 30.3 Å². The Morgan fingerprint density at radius 2 is 1.93 bits per heavy atom. The van der Waals surface area contributed by atoms with Gasteiger partial charge in [-0.1, -0.05) is 12.1 Å². The Hall–Kier alpha value is -2.21. The summed E-state index contributed by atoms with van der Waals surface area (Å²) in [5.41, 5.74) is 2.31. The minimum Gasteiger partial charge on any atom is -0.457 e. The van der Waals surface area contributed by atoms with Crippen LogP contribution in [0.5, 0.6) is 11.5 Å². The van der Waals surface area contributed by atoms with E-state index in [0.29, 0.717) is 18.0 Å². The van der Waals surface area contributed by atoms with Gasteiger partial charge in [-0.05, 0) is 61.7 Å². The molecule has 1 fully saturated rings. The second-order valence-electron chi connectivity index (χ2n) is 7.55. The monoisotopic (exact) mass is 376 g/mol. The largest absolute Gasteiger partial charge is 0.457 e. The third kappa shape index (κ3) is 3.16. The summed E-state index contributed by atoms with van der Waals surface area (Å²) in [6.07, 6.45) is -3.60. The number of ether oxygens (including phenoxy) is 1. The summed E-state index contributed by atoms with van der Waals surface area (Å²) in [5, 5.41) is 3.31. The van der Waals surface area contributed by atoms with Crippen LogP contribution in [-0.2, 0) is 6.18 Å². The number of hydrogen-bond acceptors (Lipinski definition) is 3. The highest BCUT2D eigenvalue weighted by Crippen LogP contribution is 2.50. The molecule has 1 saturated heterocycles. The van der Waals surface area contributed by atoms with Crippen molar-refractivity contribution in [2.75, 3.05) is 25.0 Å². The van der Waals surface area contributed by atoms with Gasteiger partial charge in [-0.25, -0.2) is 0 Å². The fourth-order valence-corrected chi connectivity index (χ4v) is 4.32. The number of likely N-dealkylation sites (N-methyl/N-ethyl adjacent to an activating group) is 1. The van der Waals surface area contributed by atoms with Crippen molar-refractivity contribution in [2.24, 2.45) is 0 Å². The van der Waals surface area contributed by atoms with Crippen LogP contribution >= 0.6 is 0 Å². The molecule has 6 heteroatoms. The molecular formula is C21H23F3N2O. The van der Waals surface area contributed by atoms with Gasteiger partial charge in [-0.3, -0.25) is 0 Å². The summed E-state index contributed by atoms with van der Waals surface area (Å²) < 4.78 is 47.5. The lowest BCUT2D eigenvalue weighted by atomic mass is 9.89. The van der Waals surface area contributed by atoms with Crippen molar-refractivity contribution in [2.45, 2.75) is 38.4 Å². The number of rotatable bonds is 2. The smallest absolute Gasteiger partial charge is 0.418 e. The normalized spacial score (nSPS) is 21.8. The number of nitrogens with one attached hydrogen (secondary N) is 1. The highest BCUT2D eigenvalue weighted by molar-refractivity contribution is 5.69. The maximum atomic E-state index is 13.9. The highest BCUT2D eigenvalue weighted by Gasteiger charge is 2.45. The number of hydrogen-bond donors (Lipinski definition) is 1. The molecule has 0 aliphatic carbocycles. The molecule has 4 rings (SSSR count). The Morgan fingerprint density at radius 3 is 2.67 bits per heavy atom. The van der Waals surface area contributed by atoms with E-state index in [4.69, 9.17) is 4.74 Å². The first-order chi connectivity index (χ1) is 12.8. The quantitative estimate of drug-likeness (QED) is 0.797. The topological polar surface area (TPSA) is 24.5 Å². The predicted molar refractivity (Wildman–Crippen MR) is 99.9 cm³/mol. The molecule has 0 aromatic heterocycles. The Bertz CT molecular complexity index is 878. The number of fused-ring (bicyclic) bond motifs is 3. The molecule has 27 heavy (non-hydrogen) atoms. The van der Waals surface area contributed by atoms with Crippen LogP contribution in [0.2, 0.25) is 0 Å². The zero-order valence-corrected chi connectivity index (χ0v) is 15.7. The summed E-state index contributed by atoms with van der Waals surface area (Å²) in [6.45, 7) is 5.34. The number of aryl methyl sites for hydroxylation is 2. The zero-order chi connectivity index (χ0) is 19.3. The van der Waals surface area contributed by atoms with Crippen LogP contribution in [0, 0.1) is 13.8 Å². The van der Waals surface area contributed by atoms with Crippen molar-refractivity contribution in [3.63, 3.8) is 0 Å². The molecular weight excluding hydrogens is 353 g/mol. The van der Waals surface area contributed by atoms with Gasteiger partial charge in [0.2, 0.25) is 0 Å². The van der Waals surface area contributed by atoms with Gasteiger partial charge in [0, 0.05) is 25.6 Å². The van der Waals surface area contributed by atoms with E-state index in [1.807, 2.05) is 36.9 Å². The number of benzene rings is 2. The van der Waals surface area contributed by atoms with Gasteiger partial charge >= 0.3 is 6.18 Å². The number of halogens is 3. The van der Waals surface area contributed by atoms with E-state index >= 15 is 0 Å². The first kappa shape index (κ1) is 18.2. The van der Waals surface area contributed by atoms with Crippen molar-refractivity contribution < 1.29 is 17.9 Å². The Balaban J connectivity index is 1.82. The molecule has 144 valence electrons. The molecule has 0 radical (unpaired) electrons. The average Bonchev–Trinajstić information content (AvgIpc) is 2.90. The van der Waals surface area contributed by atoms with E-state index < -0.39 is 11.7 Å². The highest BCUT2D eigenvalue weighted by atomic mass is 19.4. The molecule has 0 spiro atoms. The maximum Gasteiger partial charge on any atom is 0.418 e. The van der Waals surface area contributed by atoms with Gasteiger partial charge in [0.25, 0.3) is 0 Å². The maximum absolute atomic E-state index is 13.9. The lowest BCUT2D eigenvalue weighted by Crippen LogP contribution is -2.42. The lowest BCUT2D eigenvalue weighted by Gasteiger charge is -2.31. The van der Waals surface area contributed by atoms with Crippen molar-refractivity contribution in [3.05, 3.63) is 52.6 Å². The van der Waals surface area contributed by atoms with Crippen molar-refractivity contribution >= 4 is 5.69 Å². The minimum absolute atomic E-state index is 0.0435. The molecule has 2 heterocycles. The minimum atomic E-state index is -4.43. The van der Waals surface area contributed by atoms with Crippen LogP contribution in [0.1, 0.15) is 34.6 Å². The van der Waals surface area contributed by atoms with Crippen LogP contribution in [0.3, 0.4) is 0 Å². The molecule has 2 aliphatic rings. The van der Waals surface area contributed by atoms with Crippen molar-refractivity contribution in [1.29, 1.82) is 0 Å². The SMILES string of the molecule is Cc1ccc(C)c(Oc2cc3c(c(C(F)(F)F)c2)N(C)[C@H]2CCNC[C@@H]32)c1. The zero-order valence-electron chi connectivity index (χ0n) is 15.7. The summed E-state index contributed by atoms with van der Waals surface area (Å²) in [4.78, 5) is 1.81. The second kappa shape index (κ2) is 6.44. The van der Waals surface area contributed by atoms with Gasteiger partial charge in [-0.15, -0.1) is 0 Å². The molecule has 0 amide bonds. The fraction of sp³-hybridized carbons (Fsp3) is 0.429. The molecule has 2 aromatic rings. The van der Waals surface area contributed by atoms with E-state index in [1.54, 1.807) is 13.1 Å². The van der Waals surface area contributed by atoms with E-state index in [1.165, 1.54) is 0 Å². The number of alkyl halides is 3. The Morgan fingerprint density at radius 1 is 1.15 bits per heavy atom. The second-order valence-corrected chi connectivity index (χ2v) is 7.55. The molecule has 1 N–H and O–H groups in total.